The Hall–Kier alpha value is -1.58. The van der Waals surface area contributed by atoms with Crippen molar-refractivity contribution in [3.05, 3.63) is 30.0 Å². The maximum absolute atomic E-state index is 12.9. The van der Waals surface area contributed by atoms with Gasteiger partial charge in [-0.2, -0.15) is 0 Å². The topological polar surface area (TPSA) is 41.8 Å². The molecule has 0 bridgehead atoms. The molecule has 2 aromatic rings. The molecule has 0 radical (unpaired) electrons. The zero-order chi connectivity index (χ0) is 10.3. The number of alkyl halides is 2. The van der Waals surface area contributed by atoms with Crippen LogP contribution in [-0.4, -0.2) is 4.98 Å². The van der Waals surface area contributed by atoms with Crippen molar-refractivity contribution in [3.63, 3.8) is 0 Å². The zero-order valence-corrected chi connectivity index (χ0v) is 7.64. The first-order valence-electron chi connectivity index (χ1n) is 4.23. The van der Waals surface area contributed by atoms with Gasteiger partial charge in [0, 0.05) is 23.5 Å². The Kier molecular flexibility index (Phi) is 1.74. The molecule has 2 nitrogen and oxygen atoms in total. The second-order valence-electron chi connectivity index (χ2n) is 3.42. The first-order valence-corrected chi connectivity index (χ1v) is 4.23. The molecular weight excluding hydrogens is 186 g/mol. The van der Waals surface area contributed by atoms with Crippen LogP contribution in [0, 0.1) is 0 Å². The predicted molar refractivity (Wildman–Crippen MR) is 52.3 cm³/mol. The van der Waals surface area contributed by atoms with Crippen molar-refractivity contribution in [2.45, 2.75) is 12.8 Å². The Labute approximate surface area is 79.7 Å². The average molecular weight is 196 g/mol. The summed E-state index contributed by atoms with van der Waals surface area (Å²) in [6, 6.07) is 6.46. The summed E-state index contributed by atoms with van der Waals surface area (Å²) in [5, 5.41) is 0.710. The van der Waals surface area contributed by atoms with Gasteiger partial charge >= 0.3 is 0 Å². The minimum Gasteiger partial charge on any atom is -0.399 e. The molecule has 0 saturated heterocycles. The number of nitrogen functional groups attached to an aromatic ring is 1. The zero-order valence-electron chi connectivity index (χ0n) is 7.64. The van der Waals surface area contributed by atoms with Crippen molar-refractivity contribution >= 4 is 16.6 Å². The lowest BCUT2D eigenvalue weighted by atomic mass is 10.2. The van der Waals surface area contributed by atoms with Crippen molar-refractivity contribution in [1.29, 1.82) is 0 Å². The monoisotopic (exact) mass is 196 g/mol. The molecule has 14 heavy (non-hydrogen) atoms. The largest absolute Gasteiger partial charge is 0.399 e. The molecule has 4 heteroatoms. The molecule has 0 aliphatic rings. The smallest absolute Gasteiger partial charge is 0.284 e. The number of benzene rings is 1. The van der Waals surface area contributed by atoms with Gasteiger partial charge in [0.1, 0.15) is 0 Å². The number of hydrogen-bond acceptors (Lipinski definition) is 1. The van der Waals surface area contributed by atoms with Crippen LogP contribution in [0.3, 0.4) is 0 Å². The van der Waals surface area contributed by atoms with Crippen LogP contribution < -0.4 is 5.73 Å². The fourth-order valence-electron chi connectivity index (χ4n) is 1.39. The van der Waals surface area contributed by atoms with Crippen LogP contribution in [0.1, 0.15) is 12.6 Å². The lowest BCUT2D eigenvalue weighted by Gasteiger charge is -2.05. The van der Waals surface area contributed by atoms with E-state index < -0.39 is 5.92 Å². The summed E-state index contributed by atoms with van der Waals surface area (Å²) in [4.78, 5) is 2.66. The van der Waals surface area contributed by atoms with Crippen molar-refractivity contribution in [2.24, 2.45) is 0 Å². The second-order valence-corrected chi connectivity index (χ2v) is 3.42. The van der Waals surface area contributed by atoms with Gasteiger partial charge in [-0.1, -0.05) is 0 Å². The van der Waals surface area contributed by atoms with Gasteiger partial charge in [0.25, 0.3) is 5.92 Å². The minimum absolute atomic E-state index is 0.0851. The molecule has 0 aliphatic carbocycles. The summed E-state index contributed by atoms with van der Waals surface area (Å²) in [5.74, 6) is -2.84. The van der Waals surface area contributed by atoms with Crippen LogP contribution in [0.5, 0.6) is 0 Å². The highest BCUT2D eigenvalue weighted by Gasteiger charge is 2.26. The van der Waals surface area contributed by atoms with Gasteiger partial charge in [0.2, 0.25) is 0 Å². The number of aromatic nitrogens is 1. The highest BCUT2D eigenvalue weighted by Crippen LogP contribution is 2.29. The number of nitrogens with two attached hydrogens (primary N) is 1. The fraction of sp³-hybridized carbons (Fsp3) is 0.200. The normalized spacial score (nSPS) is 12.2. The lowest BCUT2D eigenvalue weighted by molar-refractivity contribution is 0.0135. The third-order valence-corrected chi connectivity index (χ3v) is 2.12. The molecule has 0 atom stereocenters. The number of rotatable bonds is 1. The van der Waals surface area contributed by atoms with Crippen LogP contribution in [0.2, 0.25) is 0 Å². The van der Waals surface area contributed by atoms with Gasteiger partial charge in [0.15, 0.2) is 0 Å². The Morgan fingerprint density at radius 3 is 2.64 bits per heavy atom. The number of fused-ring (bicyclic) bond motifs is 1. The molecule has 0 amide bonds. The molecule has 0 saturated carbocycles. The summed E-state index contributed by atoms with van der Waals surface area (Å²) in [6.45, 7) is 0.862. The number of halogens is 2. The predicted octanol–water partition coefficient (Wildman–Crippen LogP) is 2.86. The molecule has 0 spiro atoms. The summed E-state index contributed by atoms with van der Waals surface area (Å²) in [7, 11) is 0. The molecular formula is C10H10F2N2. The van der Waals surface area contributed by atoms with Crippen LogP contribution >= 0.6 is 0 Å². The van der Waals surface area contributed by atoms with E-state index in [1.54, 1.807) is 18.2 Å². The summed E-state index contributed by atoms with van der Waals surface area (Å²) in [6.07, 6.45) is 0. The Morgan fingerprint density at radius 1 is 1.29 bits per heavy atom. The quantitative estimate of drug-likeness (QED) is 0.676. The average Bonchev–Trinajstić information content (AvgIpc) is 2.45. The Balaban J connectivity index is 2.63. The SMILES string of the molecule is CC(F)(F)c1cc2cc(N)ccc2[nH]1. The van der Waals surface area contributed by atoms with Crippen LogP contribution in [0.25, 0.3) is 10.9 Å². The van der Waals surface area contributed by atoms with Crippen molar-refractivity contribution in [2.75, 3.05) is 5.73 Å². The molecule has 74 valence electrons. The van der Waals surface area contributed by atoms with Gasteiger partial charge in [-0.05, 0) is 24.3 Å². The number of aromatic amines is 1. The number of H-pyrrole nitrogens is 1. The minimum atomic E-state index is -2.84. The summed E-state index contributed by atoms with van der Waals surface area (Å²) in [5.41, 5.74) is 6.70. The van der Waals surface area contributed by atoms with Crippen LogP contribution in [0.15, 0.2) is 24.3 Å². The van der Waals surface area contributed by atoms with Crippen molar-refractivity contribution < 1.29 is 8.78 Å². The van der Waals surface area contributed by atoms with Crippen LogP contribution in [-0.2, 0) is 5.92 Å². The Morgan fingerprint density at radius 2 is 2.00 bits per heavy atom. The highest BCUT2D eigenvalue weighted by atomic mass is 19.3. The molecule has 0 aliphatic heterocycles. The number of hydrogen-bond donors (Lipinski definition) is 2. The fourth-order valence-corrected chi connectivity index (χ4v) is 1.39. The highest BCUT2D eigenvalue weighted by molar-refractivity contribution is 5.83. The molecule has 1 aromatic heterocycles. The molecule has 0 fully saturated rings. The Bertz CT molecular complexity index is 468. The van der Waals surface area contributed by atoms with E-state index in [0.717, 1.165) is 6.92 Å². The van der Waals surface area contributed by atoms with E-state index in [9.17, 15) is 8.78 Å². The first kappa shape index (κ1) is 8.99. The molecule has 0 unspecified atom stereocenters. The van der Waals surface area contributed by atoms with Crippen molar-refractivity contribution in [1.82, 2.24) is 4.98 Å². The maximum Gasteiger partial charge on any atom is 0.284 e. The van der Waals surface area contributed by atoms with E-state index >= 15 is 0 Å². The van der Waals surface area contributed by atoms with E-state index in [2.05, 4.69) is 4.98 Å². The first-order chi connectivity index (χ1) is 6.47. The molecule has 1 heterocycles. The molecule has 1 aromatic carbocycles. The van der Waals surface area contributed by atoms with Crippen molar-refractivity contribution in [3.8, 4) is 0 Å². The summed E-state index contributed by atoms with van der Waals surface area (Å²) >= 11 is 0. The van der Waals surface area contributed by atoms with Gasteiger partial charge in [-0.15, -0.1) is 0 Å². The third-order valence-electron chi connectivity index (χ3n) is 2.12. The standard InChI is InChI=1S/C10H10F2N2/c1-10(11,12)9-5-6-4-7(13)2-3-8(6)14-9/h2-5,14H,13H2,1H3. The lowest BCUT2D eigenvalue weighted by Crippen LogP contribution is -2.06. The van der Waals surface area contributed by atoms with Crippen LogP contribution in [0.4, 0.5) is 14.5 Å². The van der Waals surface area contributed by atoms with E-state index in [0.29, 0.717) is 16.6 Å². The third kappa shape index (κ3) is 1.43. The number of anilines is 1. The summed E-state index contributed by atoms with van der Waals surface area (Å²) < 4.78 is 25.9. The van der Waals surface area contributed by atoms with Gasteiger partial charge in [-0.25, -0.2) is 8.78 Å². The number of nitrogens with one attached hydrogen (secondary N) is 1. The second kappa shape index (κ2) is 2.70. The van der Waals surface area contributed by atoms with Gasteiger partial charge in [-0.3, -0.25) is 0 Å². The van der Waals surface area contributed by atoms with E-state index in [4.69, 9.17) is 5.73 Å². The van der Waals surface area contributed by atoms with Gasteiger partial charge < -0.3 is 10.7 Å². The maximum atomic E-state index is 12.9. The van der Waals surface area contributed by atoms with Gasteiger partial charge in [0.05, 0.1) is 5.69 Å². The molecule has 2 rings (SSSR count). The van der Waals surface area contributed by atoms with E-state index in [1.807, 2.05) is 0 Å². The molecule has 3 N–H and O–H groups in total. The van der Waals surface area contributed by atoms with E-state index in [1.165, 1.54) is 6.07 Å². The van der Waals surface area contributed by atoms with E-state index in [-0.39, 0.29) is 5.69 Å².